The van der Waals surface area contributed by atoms with Crippen LogP contribution in [0.25, 0.3) is 33.4 Å². The molecule has 0 saturated carbocycles. The predicted octanol–water partition coefficient (Wildman–Crippen LogP) is 7.05. The first-order valence-electron chi connectivity index (χ1n) is 14.4. The zero-order valence-corrected chi connectivity index (χ0v) is 23.6. The first-order chi connectivity index (χ1) is 20.9. The fraction of sp³-hybridized carbons (Fsp3) is 0.265. The molecule has 2 fully saturated rings. The fourth-order valence-electron chi connectivity index (χ4n) is 6.58. The number of ether oxygens (including phenoxy) is 1. The van der Waals surface area contributed by atoms with Crippen molar-refractivity contribution in [2.75, 3.05) is 4.90 Å². The van der Waals surface area contributed by atoms with Crippen molar-refractivity contribution in [1.29, 1.82) is 5.26 Å². The molecule has 2 bridgehead atoms. The summed E-state index contributed by atoms with van der Waals surface area (Å²) >= 11 is 0. The van der Waals surface area contributed by atoms with Crippen LogP contribution in [0.4, 0.5) is 14.6 Å². The lowest BCUT2D eigenvalue weighted by Gasteiger charge is -2.39. The lowest BCUT2D eigenvalue weighted by Crippen LogP contribution is -2.47. The van der Waals surface area contributed by atoms with Crippen LogP contribution in [0.1, 0.15) is 42.5 Å². The molecule has 2 atom stereocenters. The number of aromatic nitrogens is 2. The van der Waals surface area contributed by atoms with Crippen molar-refractivity contribution in [1.82, 2.24) is 10.1 Å². The van der Waals surface area contributed by atoms with E-state index in [9.17, 15) is 5.26 Å². The molecule has 9 heteroatoms. The third kappa shape index (κ3) is 4.88. The van der Waals surface area contributed by atoms with Crippen LogP contribution in [0.5, 0.6) is 5.75 Å². The predicted molar refractivity (Wildman–Crippen MR) is 159 cm³/mol. The minimum absolute atomic E-state index is 0.0881. The summed E-state index contributed by atoms with van der Waals surface area (Å²) in [4.78, 5) is 7.39. The summed E-state index contributed by atoms with van der Waals surface area (Å²) in [5, 5.41) is 13.9. The quantitative estimate of drug-likeness (QED) is 0.231. The van der Waals surface area contributed by atoms with E-state index >= 15 is 8.78 Å². The van der Waals surface area contributed by atoms with E-state index in [-0.39, 0.29) is 35.9 Å². The highest BCUT2D eigenvalue weighted by atomic mass is 19.1. The number of hydrogen-bond acceptors (Lipinski definition) is 7. The summed E-state index contributed by atoms with van der Waals surface area (Å²) in [6.45, 7) is 1.97. The van der Waals surface area contributed by atoms with Gasteiger partial charge in [0.05, 0.1) is 22.5 Å². The smallest absolute Gasteiger partial charge is 0.167 e. The van der Waals surface area contributed by atoms with Crippen molar-refractivity contribution in [3.63, 3.8) is 0 Å². The van der Waals surface area contributed by atoms with E-state index in [1.807, 2.05) is 42.5 Å². The van der Waals surface area contributed by atoms with Crippen LogP contribution in [0.15, 0.2) is 71.3 Å². The topological polar surface area (TPSA) is 101 Å². The molecule has 216 valence electrons. The van der Waals surface area contributed by atoms with E-state index in [0.29, 0.717) is 45.1 Å². The van der Waals surface area contributed by atoms with Gasteiger partial charge in [-0.1, -0.05) is 41.6 Å². The average molecular weight is 578 g/mol. The van der Waals surface area contributed by atoms with Crippen LogP contribution in [-0.2, 0) is 6.61 Å². The van der Waals surface area contributed by atoms with E-state index in [1.165, 1.54) is 18.2 Å². The number of anilines is 1. The molecule has 2 N–H and O–H groups in total. The number of nitriles is 1. The van der Waals surface area contributed by atoms with Gasteiger partial charge in [0.1, 0.15) is 35.9 Å². The first kappa shape index (κ1) is 27.0. The molecule has 0 spiro atoms. The highest BCUT2D eigenvalue weighted by Crippen LogP contribution is 2.46. The fourth-order valence-corrected chi connectivity index (χ4v) is 6.58. The molecule has 2 saturated heterocycles. The minimum Gasteiger partial charge on any atom is -0.488 e. The summed E-state index contributed by atoms with van der Waals surface area (Å²) in [6.07, 6.45) is 3.69. The second-order valence-corrected chi connectivity index (χ2v) is 11.4. The van der Waals surface area contributed by atoms with Crippen molar-refractivity contribution in [2.24, 2.45) is 5.73 Å². The Kier molecular flexibility index (Phi) is 6.79. The summed E-state index contributed by atoms with van der Waals surface area (Å²) < 4.78 is 43.1. The zero-order valence-electron chi connectivity index (χ0n) is 23.6. The number of piperidine rings is 1. The zero-order chi connectivity index (χ0) is 29.7. The summed E-state index contributed by atoms with van der Waals surface area (Å²) in [5.74, 6) is -0.131. The second kappa shape index (κ2) is 10.8. The number of pyridine rings is 1. The molecule has 3 aromatic carbocycles. The summed E-state index contributed by atoms with van der Waals surface area (Å²) in [5.41, 5.74) is 9.48. The van der Waals surface area contributed by atoms with Gasteiger partial charge in [-0.3, -0.25) is 0 Å². The Morgan fingerprint density at radius 1 is 1.02 bits per heavy atom. The third-order valence-corrected chi connectivity index (χ3v) is 8.61. The van der Waals surface area contributed by atoms with Gasteiger partial charge in [0.25, 0.3) is 0 Å². The van der Waals surface area contributed by atoms with E-state index < -0.39 is 11.6 Å². The molecule has 5 aromatic rings. The number of halogens is 2. The van der Waals surface area contributed by atoms with Crippen LogP contribution < -0.4 is 15.4 Å². The van der Waals surface area contributed by atoms with Crippen LogP contribution in [0.3, 0.4) is 0 Å². The van der Waals surface area contributed by atoms with E-state index in [2.05, 4.69) is 10.1 Å². The standard InChI is InChI=1S/C34H29F2N5O2/c1-19-26-14-29(36)27(15-30(26)43-40-19)33-31(42-18-20-5-3-2-4-6-20)16-32(41-24-9-10-25(41)13-23(38)12-24)39-34(33)21-7-8-22(17-37)28(35)11-21/h2-8,11,14-16,23-25H,9-10,12-13,18,38H2,1H3. The van der Waals surface area contributed by atoms with Gasteiger partial charge in [-0.2, -0.15) is 5.26 Å². The number of rotatable bonds is 6. The van der Waals surface area contributed by atoms with Gasteiger partial charge in [0.15, 0.2) is 5.58 Å². The molecule has 4 heterocycles. The minimum atomic E-state index is -0.685. The van der Waals surface area contributed by atoms with Crippen LogP contribution in [-0.4, -0.2) is 28.3 Å². The Hall–Kier alpha value is -4.81. The Balaban J connectivity index is 1.47. The Morgan fingerprint density at radius 3 is 2.51 bits per heavy atom. The molecule has 2 aliphatic heterocycles. The maximum atomic E-state index is 16.0. The first-order valence-corrected chi connectivity index (χ1v) is 14.4. The number of aryl methyl sites for hydroxylation is 1. The molecule has 2 aromatic heterocycles. The van der Waals surface area contributed by atoms with Crippen molar-refractivity contribution in [3.05, 3.63) is 95.2 Å². The van der Waals surface area contributed by atoms with Gasteiger partial charge in [0.2, 0.25) is 0 Å². The molecule has 43 heavy (non-hydrogen) atoms. The van der Waals surface area contributed by atoms with Gasteiger partial charge < -0.3 is 19.9 Å². The largest absolute Gasteiger partial charge is 0.488 e. The van der Waals surface area contributed by atoms with Crippen LogP contribution >= 0.6 is 0 Å². The van der Waals surface area contributed by atoms with Crippen molar-refractivity contribution < 1.29 is 18.0 Å². The van der Waals surface area contributed by atoms with Crippen molar-refractivity contribution in [2.45, 2.75) is 57.3 Å². The number of hydrogen-bond donors (Lipinski definition) is 1. The van der Waals surface area contributed by atoms with Gasteiger partial charge in [-0.25, -0.2) is 13.8 Å². The average Bonchev–Trinajstić information content (AvgIpc) is 3.51. The van der Waals surface area contributed by atoms with Crippen LogP contribution in [0, 0.1) is 29.9 Å². The van der Waals surface area contributed by atoms with Crippen molar-refractivity contribution in [3.8, 4) is 34.2 Å². The molecule has 7 rings (SSSR count). The molecule has 2 unspecified atom stereocenters. The molecule has 7 nitrogen and oxygen atoms in total. The highest BCUT2D eigenvalue weighted by Gasteiger charge is 2.41. The van der Waals surface area contributed by atoms with Crippen molar-refractivity contribution >= 4 is 16.8 Å². The number of nitrogens with two attached hydrogens (primary N) is 1. The van der Waals surface area contributed by atoms with Crippen LogP contribution in [0.2, 0.25) is 0 Å². The lowest BCUT2D eigenvalue weighted by atomic mass is 9.95. The molecule has 0 radical (unpaired) electrons. The van der Waals surface area contributed by atoms with Gasteiger partial charge in [-0.05, 0) is 62.4 Å². The molecule has 0 aliphatic carbocycles. The SMILES string of the molecule is Cc1noc2cc(-c3c(OCc4ccccc4)cc(N4C5CCC4CC(N)C5)nc3-c3ccc(C#N)c(F)c3)c(F)cc12. The van der Waals surface area contributed by atoms with Gasteiger partial charge >= 0.3 is 0 Å². The molecule has 2 aliphatic rings. The lowest BCUT2D eigenvalue weighted by molar-refractivity contribution is 0.307. The Labute approximate surface area is 247 Å². The third-order valence-electron chi connectivity index (χ3n) is 8.61. The van der Waals surface area contributed by atoms with E-state index in [1.54, 1.807) is 19.1 Å². The second-order valence-electron chi connectivity index (χ2n) is 11.4. The van der Waals surface area contributed by atoms with E-state index in [4.69, 9.17) is 20.0 Å². The summed E-state index contributed by atoms with van der Waals surface area (Å²) in [7, 11) is 0. The molecule has 0 amide bonds. The molecular formula is C34H29F2N5O2. The number of benzene rings is 3. The van der Waals surface area contributed by atoms with Gasteiger partial charge in [0, 0.05) is 40.7 Å². The molecular weight excluding hydrogens is 548 g/mol. The number of nitrogens with zero attached hydrogens (tertiary/aromatic N) is 4. The maximum Gasteiger partial charge on any atom is 0.167 e. The maximum absolute atomic E-state index is 16.0. The monoisotopic (exact) mass is 577 g/mol. The normalized spacial score (nSPS) is 19.5. The Morgan fingerprint density at radius 2 is 1.79 bits per heavy atom. The van der Waals surface area contributed by atoms with Gasteiger partial charge in [-0.15, -0.1) is 0 Å². The Bertz CT molecular complexity index is 1870. The highest BCUT2D eigenvalue weighted by molar-refractivity contribution is 5.92. The van der Waals surface area contributed by atoms with E-state index in [0.717, 1.165) is 31.2 Å². The summed E-state index contributed by atoms with van der Waals surface area (Å²) in [6, 6.07) is 21.3. The number of fused-ring (bicyclic) bond motifs is 3.